The van der Waals surface area contributed by atoms with Gasteiger partial charge in [-0.05, 0) is 32.6 Å². The highest BCUT2D eigenvalue weighted by atomic mass is 17.2. The number of carboxylic acids is 2. The third-order valence-electron chi connectivity index (χ3n) is 6.44. The number of carbonyl (C=O) groups is 3. The van der Waals surface area contributed by atoms with Crippen LogP contribution < -0.4 is 0 Å². The van der Waals surface area contributed by atoms with E-state index in [2.05, 4.69) is 0 Å². The quantitative estimate of drug-likeness (QED) is 0.118. The molecular weight excluding hydrogens is 476 g/mol. The van der Waals surface area contributed by atoms with Crippen LogP contribution in [0.1, 0.15) is 45.4 Å². The van der Waals surface area contributed by atoms with Crippen molar-refractivity contribution in [1.29, 1.82) is 0 Å². The minimum atomic E-state index is -1.57. The second-order valence-corrected chi connectivity index (χ2v) is 8.57. The average Bonchev–Trinajstić information content (AvgIpc) is 2.81. The number of carboxylic acid groups (broad SMARTS) is 2. The molecule has 15 heteroatoms. The molecule has 0 aromatic rings. The molecular formula is C20H30N2O13. The highest BCUT2D eigenvalue weighted by Gasteiger charge is 2.50. The number of esters is 1. The maximum atomic E-state index is 12.7. The van der Waals surface area contributed by atoms with E-state index in [1.54, 1.807) is 6.92 Å². The number of nitrogens with zero attached hydrogens (tertiary/aromatic N) is 2. The lowest BCUT2D eigenvalue weighted by molar-refractivity contribution is -0.536. The Labute approximate surface area is 199 Å². The van der Waals surface area contributed by atoms with Crippen LogP contribution >= 0.6 is 0 Å². The van der Waals surface area contributed by atoms with Crippen molar-refractivity contribution < 1.29 is 53.7 Å². The Morgan fingerprint density at radius 1 is 0.943 bits per heavy atom. The Bertz CT molecular complexity index is 791. The van der Waals surface area contributed by atoms with Gasteiger partial charge in [0.05, 0.1) is 12.5 Å². The molecule has 7 atom stereocenters. The van der Waals surface area contributed by atoms with Gasteiger partial charge in [-0.3, -0.25) is 34.6 Å². The van der Waals surface area contributed by atoms with Crippen LogP contribution in [0.25, 0.3) is 0 Å². The number of rotatable bonds is 13. The van der Waals surface area contributed by atoms with Gasteiger partial charge in [0.2, 0.25) is 12.1 Å². The van der Waals surface area contributed by atoms with Crippen LogP contribution in [0, 0.1) is 43.9 Å². The van der Waals surface area contributed by atoms with E-state index in [0.717, 1.165) is 0 Å². The van der Waals surface area contributed by atoms with Crippen LogP contribution in [0.2, 0.25) is 0 Å². The molecule has 0 amide bonds. The summed E-state index contributed by atoms with van der Waals surface area (Å²) in [4.78, 5) is 67.4. The summed E-state index contributed by atoms with van der Waals surface area (Å²) in [6.45, 7) is 1.22. The average molecular weight is 506 g/mol. The molecule has 15 nitrogen and oxygen atoms in total. The monoisotopic (exact) mass is 506 g/mol. The molecule has 0 aromatic carbocycles. The van der Waals surface area contributed by atoms with Gasteiger partial charge in [0, 0.05) is 35.2 Å². The largest absolute Gasteiger partial charge is 0.481 e. The molecule has 7 unspecified atom stereocenters. The summed E-state index contributed by atoms with van der Waals surface area (Å²) in [7, 11) is 0. The lowest BCUT2D eigenvalue weighted by atomic mass is 9.76. The molecule has 198 valence electrons. The molecule has 0 aliphatic heterocycles. The standard InChI is InChI=1S/C20H30N2O13/c1-2-32-10-15(34-20(27)12-6-4-8-14(22(30)31)17(12)19(25)26)35-33-9-11-5-3-7-13(21(28)29)16(11)18(23)24/h11-17H,2-10H2,1H3,(H,23,24)(H,25,26). The maximum absolute atomic E-state index is 12.7. The van der Waals surface area contributed by atoms with E-state index in [1.165, 1.54) is 0 Å². The van der Waals surface area contributed by atoms with Crippen LogP contribution in [0.15, 0.2) is 0 Å². The van der Waals surface area contributed by atoms with E-state index in [0.29, 0.717) is 12.8 Å². The van der Waals surface area contributed by atoms with Crippen molar-refractivity contribution in [3.63, 3.8) is 0 Å². The van der Waals surface area contributed by atoms with Crippen molar-refractivity contribution in [3.8, 4) is 0 Å². The SMILES string of the molecule is CCOCC(OOCC1CCCC([N+](=O)[O-])C1C(=O)O)OC(=O)C1CCCC([N+](=O)[O-])C1C(=O)O. The van der Waals surface area contributed by atoms with E-state index < -0.39 is 69.8 Å². The van der Waals surface area contributed by atoms with Crippen LogP contribution in [0.4, 0.5) is 0 Å². The first-order chi connectivity index (χ1) is 16.6. The molecule has 0 heterocycles. The van der Waals surface area contributed by atoms with Gasteiger partial charge in [-0.25, -0.2) is 4.89 Å². The molecule has 2 N–H and O–H groups in total. The fourth-order valence-electron chi connectivity index (χ4n) is 4.78. The zero-order valence-electron chi connectivity index (χ0n) is 19.2. The van der Waals surface area contributed by atoms with Gasteiger partial charge in [-0.2, -0.15) is 4.89 Å². The van der Waals surface area contributed by atoms with Crippen molar-refractivity contribution in [2.45, 2.75) is 63.8 Å². The lowest BCUT2D eigenvalue weighted by Crippen LogP contribution is -2.47. The van der Waals surface area contributed by atoms with Gasteiger partial charge in [0.25, 0.3) is 6.29 Å². The van der Waals surface area contributed by atoms with E-state index in [1.807, 2.05) is 0 Å². The summed E-state index contributed by atoms with van der Waals surface area (Å²) < 4.78 is 10.4. The topological polar surface area (TPSA) is 215 Å². The Hall–Kier alpha value is -2.91. The number of nitro groups is 2. The predicted octanol–water partition coefficient (Wildman–Crippen LogP) is 1.13. The minimum Gasteiger partial charge on any atom is -0.481 e. The predicted molar refractivity (Wildman–Crippen MR) is 112 cm³/mol. The molecule has 35 heavy (non-hydrogen) atoms. The third kappa shape index (κ3) is 7.53. The Morgan fingerprint density at radius 3 is 2.06 bits per heavy atom. The van der Waals surface area contributed by atoms with Crippen molar-refractivity contribution >= 4 is 17.9 Å². The van der Waals surface area contributed by atoms with Crippen LogP contribution in [0.3, 0.4) is 0 Å². The summed E-state index contributed by atoms with van der Waals surface area (Å²) in [6, 6.07) is -2.70. The van der Waals surface area contributed by atoms with E-state index in [-0.39, 0.29) is 45.5 Å². The summed E-state index contributed by atoms with van der Waals surface area (Å²) in [5.41, 5.74) is 0. The smallest absolute Gasteiger partial charge is 0.314 e. The zero-order chi connectivity index (χ0) is 26.1. The maximum Gasteiger partial charge on any atom is 0.314 e. The van der Waals surface area contributed by atoms with Gasteiger partial charge in [-0.1, -0.05) is 0 Å². The molecule has 0 aromatic heterocycles. The number of ether oxygens (including phenoxy) is 2. The number of hydrogen-bond acceptors (Lipinski definition) is 11. The van der Waals surface area contributed by atoms with Crippen molar-refractivity contribution in [2.75, 3.05) is 19.8 Å². The summed E-state index contributed by atoms with van der Waals surface area (Å²) in [5, 5.41) is 41.5. The molecule has 2 aliphatic rings. The highest BCUT2D eigenvalue weighted by molar-refractivity contribution is 5.82. The minimum absolute atomic E-state index is 0.0208. The second-order valence-electron chi connectivity index (χ2n) is 8.57. The van der Waals surface area contributed by atoms with E-state index >= 15 is 0 Å². The lowest BCUT2D eigenvalue weighted by Gasteiger charge is -2.31. The zero-order valence-corrected chi connectivity index (χ0v) is 19.2. The summed E-state index contributed by atoms with van der Waals surface area (Å²) in [6.07, 6.45) is -0.199. The molecule has 2 rings (SSSR count). The van der Waals surface area contributed by atoms with Crippen LogP contribution in [-0.2, 0) is 33.6 Å². The van der Waals surface area contributed by atoms with Gasteiger partial charge < -0.3 is 19.7 Å². The number of hydrogen-bond donors (Lipinski definition) is 2. The second kappa shape index (κ2) is 13.3. The fourth-order valence-corrected chi connectivity index (χ4v) is 4.78. The van der Waals surface area contributed by atoms with Gasteiger partial charge in [0.1, 0.15) is 18.4 Å². The number of aliphatic carboxylic acids is 2. The highest BCUT2D eigenvalue weighted by Crippen LogP contribution is 2.34. The van der Waals surface area contributed by atoms with Gasteiger partial charge in [0.15, 0.2) is 0 Å². The molecule has 2 aliphatic carbocycles. The Kier molecular flexibility index (Phi) is 10.7. The van der Waals surface area contributed by atoms with Gasteiger partial charge in [-0.15, -0.1) is 0 Å². The van der Waals surface area contributed by atoms with Gasteiger partial charge >= 0.3 is 17.9 Å². The Balaban J connectivity index is 2.03. The molecule has 0 bridgehead atoms. The normalized spacial score (nSPS) is 29.6. The molecule has 2 fully saturated rings. The Morgan fingerprint density at radius 2 is 1.51 bits per heavy atom. The molecule has 2 saturated carbocycles. The summed E-state index contributed by atoms with van der Waals surface area (Å²) >= 11 is 0. The van der Waals surface area contributed by atoms with E-state index in [9.17, 15) is 44.8 Å². The van der Waals surface area contributed by atoms with Crippen molar-refractivity contribution in [2.24, 2.45) is 23.7 Å². The van der Waals surface area contributed by atoms with Crippen LogP contribution in [0.5, 0.6) is 0 Å². The molecule has 0 radical (unpaired) electrons. The molecule has 0 saturated heterocycles. The van der Waals surface area contributed by atoms with E-state index in [4.69, 9.17) is 19.2 Å². The first-order valence-corrected chi connectivity index (χ1v) is 11.4. The van der Waals surface area contributed by atoms with Crippen molar-refractivity contribution in [3.05, 3.63) is 20.2 Å². The van der Waals surface area contributed by atoms with Crippen molar-refractivity contribution in [1.82, 2.24) is 0 Å². The first kappa shape index (κ1) is 28.3. The first-order valence-electron chi connectivity index (χ1n) is 11.4. The van der Waals surface area contributed by atoms with Crippen LogP contribution in [-0.4, -0.2) is 76.2 Å². The fraction of sp³-hybridized carbons (Fsp3) is 0.850. The summed E-state index contributed by atoms with van der Waals surface area (Å²) in [5.74, 6) is -8.69. The molecule has 0 spiro atoms. The number of carbonyl (C=O) groups excluding carboxylic acids is 1. The third-order valence-corrected chi connectivity index (χ3v) is 6.44.